The third-order valence-corrected chi connectivity index (χ3v) is 4.78. The summed E-state index contributed by atoms with van der Waals surface area (Å²) in [5.74, 6) is 0.205. The van der Waals surface area contributed by atoms with Gasteiger partial charge in [0.25, 0.3) is 0 Å². The fraction of sp³-hybridized carbons (Fsp3) is 0.474. The zero-order valence-electron chi connectivity index (χ0n) is 13.9. The number of piperidine rings is 1. The number of rotatable bonds is 6. The van der Waals surface area contributed by atoms with Gasteiger partial charge in [-0.25, -0.2) is 0 Å². The third kappa shape index (κ3) is 3.95. The first kappa shape index (κ1) is 16.5. The largest absolute Gasteiger partial charge is 0.361 e. The van der Waals surface area contributed by atoms with Gasteiger partial charge in [-0.05, 0) is 37.4 Å². The molecule has 0 spiro atoms. The summed E-state index contributed by atoms with van der Waals surface area (Å²) in [6.07, 6.45) is 5.38. The maximum atomic E-state index is 12.4. The molecule has 3 rings (SSSR count). The number of carbonyl (C=O) groups excluding carboxylic acids is 1. The Morgan fingerprint density at radius 1 is 1.42 bits per heavy atom. The summed E-state index contributed by atoms with van der Waals surface area (Å²) in [6, 6.07) is 10.4. The van der Waals surface area contributed by atoms with Gasteiger partial charge >= 0.3 is 0 Å². The van der Waals surface area contributed by atoms with E-state index >= 15 is 0 Å². The number of aromatic amines is 1. The topological polar surface area (TPSA) is 71.9 Å². The number of H-pyrrole nitrogens is 1. The van der Waals surface area contributed by atoms with Crippen molar-refractivity contribution < 1.29 is 4.79 Å². The number of hydrogen-bond donors (Lipinski definition) is 2. The van der Waals surface area contributed by atoms with Crippen molar-refractivity contribution in [2.75, 3.05) is 26.2 Å². The number of nitrogens with zero attached hydrogens (tertiary/aromatic N) is 2. The van der Waals surface area contributed by atoms with Crippen molar-refractivity contribution in [1.82, 2.24) is 15.2 Å². The number of para-hydroxylation sites is 1. The molecule has 2 aromatic rings. The summed E-state index contributed by atoms with van der Waals surface area (Å²) in [6.45, 7) is 3.21. The average molecular weight is 324 g/mol. The van der Waals surface area contributed by atoms with E-state index in [0.29, 0.717) is 13.0 Å². The van der Waals surface area contributed by atoms with Crippen LogP contribution < -0.4 is 5.32 Å². The predicted octanol–water partition coefficient (Wildman–Crippen LogP) is 2.45. The number of likely N-dealkylation sites (tertiary alicyclic amines) is 1. The van der Waals surface area contributed by atoms with Crippen LogP contribution in [0.2, 0.25) is 0 Å². The molecule has 1 unspecified atom stereocenters. The molecule has 1 amide bonds. The van der Waals surface area contributed by atoms with Crippen LogP contribution in [0.15, 0.2) is 30.5 Å². The summed E-state index contributed by atoms with van der Waals surface area (Å²) in [4.78, 5) is 17.9. The SMILES string of the molecule is N#CCCN1CCCC(C(=O)NCCc2c[nH]c3ccccc23)C1. The molecule has 2 N–H and O–H groups in total. The van der Waals surface area contributed by atoms with Crippen molar-refractivity contribution in [1.29, 1.82) is 5.26 Å². The van der Waals surface area contributed by atoms with Crippen LogP contribution in [-0.2, 0) is 11.2 Å². The Hall–Kier alpha value is -2.32. The Balaban J connectivity index is 1.48. The zero-order chi connectivity index (χ0) is 16.8. The summed E-state index contributed by atoms with van der Waals surface area (Å²) in [5.41, 5.74) is 2.38. The van der Waals surface area contributed by atoms with Gasteiger partial charge in [-0.15, -0.1) is 0 Å². The van der Waals surface area contributed by atoms with Crippen molar-refractivity contribution in [3.05, 3.63) is 36.0 Å². The molecule has 1 atom stereocenters. The molecule has 0 radical (unpaired) electrons. The van der Waals surface area contributed by atoms with Gasteiger partial charge in [0, 0.05) is 43.2 Å². The van der Waals surface area contributed by atoms with Crippen molar-refractivity contribution >= 4 is 16.8 Å². The van der Waals surface area contributed by atoms with Gasteiger partial charge in [-0.1, -0.05) is 18.2 Å². The standard InChI is InChI=1S/C19H24N4O/c20-9-4-12-23-11-3-5-16(14-23)19(24)21-10-8-15-13-22-18-7-2-1-6-17(15)18/h1-2,6-7,13,16,22H,3-5,8,10-12,14H2,(H,21,24). The highest BCUT2D eigenvalue weighted by Crippen LogP contribution is 2.19. The molecular formula is C19H24N4O. The Morgan fingerprint density at radius 3 is 3.17 bits per heavy atom. The van der Waals surface area contributed by atoms with E-state index in [2.05, 4.69) is 33.4 Å². The zero-order valence-corrected chi connectivity index (χ0v) is 13.9. The highest BCUT2D eigenvalue weighted by Gasteiger charge is 2.25. The van der Waals surface area contributed by atoms with Crippen LogP contribution in [-0.4, -0.2) is 42.0 Å². The number of fused-ring (bicyclic) bond motifs is 1. The fourth-order valence-corrected chi connectivity index (χ4v) is 3.48. The molecular weight excluding hydrogens is 300 g/mol. The lowest BCUT2D eigenvalue weighted by atomic mass is 9.97. The lowest BCUT2D eigenvalue weighted by Gasteiger charge is -2.31. The monoisotopic (exact) mass is 324 g/mol. The first-order valence-corrected chi connectivity index (χ1v) is 8.70. The van der Waals surface area contributed by atoms with E-state index in [-0.39, 0.29) is 11.8 Å². The number of benzene rings is 1. The van der Waals surface area contributed by atoms with Gasteiger partial charge in [0.1, 0.15) is 0 Å². The molecule has 0 saturated carbocycles. The smallest absolute Gasteiger partial charge is 0.224 e. The summed E-state index contributed by atoms with van der Waals surface area (Å²) in [5, 5.41) is 13.0. The molecule has 1 saturated heterocycles. The van der Waals surface area contributed by atoms with Crippen LogP contribution in [0.1, 0.15) is 24.8 Å². The van der Waals surface area contributed by atoms with Gasteiger partial charge in [0.2, 0.25) is 5.91 Å². The average Bonchev–Trinajstić information content (AvgIpc) is 3.03. The van der Waals surface area contributed by atoms with Crippen molar-refractivity contribution in [3.63, 3.8) is 0 Å². The molecule has 1 aliphatic heterocycles. The molecule has 1 aromatic heterocycles. The highest BCUT2D eigenvalue weighted by atomic mass is 16.1. The second-order valence-electron chi connectivity index (χ2n) is 6.45. The molecule has 126 valence electrons. The molecule has 24 heavy (non-hydrogen) atoms. The fourth-order valence-electron chi connectivity index (χ4n) is 3.48. The van der Waals surface area contributed by atoms with Crippen LogP contribution in [0.25, 0.3) is 10.9 Å². The van der Waals surface area contributed by atoms with Crippen molar-refractivity contribution in [2.45, 2.75) is 25.7 Å². The van der Waals surface area contributed by atoms with Crippen LogP contribution in [0.3, 0.4) is 0 Å². The van der Waals surface area contributed by atoms with E-state index in [1.165, 1.54) is 10.9 Å². The quantitative estimate of drug-likeness (QED) is 0.857. The van der Waals surface area contributed by atoms with E-state index in [1.807, 2.05) is 18.3 Å². The Morgan fingerprint density at radius 2 is 2.29 bits per heavy atom. The third-order valence-electron chi connectivity index (χ3n) is 4.78. The van der Waals surface area contributed by atoms with Crippen molar-refractivity contribution in [2.24, 2.45) is 5.92 Å². The molecule has 5 nitrogen and oxygen atoms in total. The highest BCUT2D eigenvalue weighted by molar-refractivity contribution is 5.83. The second-order valence-corrected chi connectivity index (χ2v) is 6.45. The minimum absolute atomic E-state index is 0.0559. The Labute approximate surface area is 142 Å². The van der Waals surface area contributed by atoms with Gasteiger partial charge in [0.15, 0.2) is 0 Å². The molecule has 5 heteroatoms. The van der Waals surface area contributed by atoms with Crippen LogP contribution in [0.4, 0.5) is 0 Å². The number of amides is 1. The second kappa shape index (κ2) is 7.98. The minimum atomic E-state index is 0.0559. The minimum Gasteiger partial charge on any atom is -0.361 e. The predicted molar refractivity (Wildman–Crippen MR) is 94.4 cm³/mol. The maximum absolute atomic E-state index is 12.4. The van der Waals surface area contributed by atoms with Gasteiger partial charge in [-0.3, -0.25) is 4.79 Å². The molecule has 1 fully saturated rings. The molecule has 1 aromatic carbocycles. The van der Waals surface area contributed by atoms with Crippen molar-refractivity contribution in [3.8, 4) is 6.07 Å². The summed E-state index contributed by atoms with van der Waals surface area (Å²) >= 11 is 0. The van der Waals surface area contributed by atoms with Gasteiger partial charge in [-0.2, -0.15) is 5.26 Å². The molecule has 0 bridgehead atoms. The van der Waals surface area contributed by atoms with E-state index in [4.69, 9.17) is 5.26 Å². The molecule has 2 heterocycles. The molecule has 0 aliphatic carbocycles. The number of hydrogen-bond acceptors (Lipinski definition) is 3. The number of nitriles is 1. The van der Waals surface area contributed by atoms with Crippen LogP contribution >= 0.6 is 0 Å². The first-order chi connectivity index (χ1) is 11.8. The van der Waals surface area contributed by atoms with E-state index in [0.717, 1.165) is 44.4 Å². The number of aromatic nitrogens is 1. The van der Waals surface area contributed by atoms with E-state index in [9.17, 15) is 4.79 Å². The lowest BCUT2D eigenvalue weighted by Crippen LogP contribution is -2.43. The van der Waals surface area contributed by atoms with Gasteiger partial charge < -0.3 is 15.2 Å². The van der Waals surface area contributed by atoms with Crippen LogP contribution in [0, 0.1) is 17.2 Å². The maximum Gasteiger partial charge on any atom is 0.224 e. The van der Waals surface area contributed by atoms with Crippen LogP contribution in [0.5, 0.6) is 0 Å². The number of carbonyl (C=O) groups is 1. The Bertz CT molecular complexity index is 730. The number of nitrogens with one attached hydrogen (secondary N) is 2. The summed E-state index contributed by atoms with van der Waals surface area (Å²) in [7, 11) is 0. The van der Waals surface area contributed by atoms with E-state index in [1.54, 1.807) is 0 Å². The lowest BCUT2D eigenvalue weighted by molar-refractivity contribution is -0.126. The normalized spacial score (nSPS) is 18.4. The molecule has 1 aliphatic rings. The van der Waals surface area contributed by atoms with E-state index < -0.39 is 0 Å². The van der Waals surface area contributed by atoms with Gasteiger partial charge in [0.05, 0.1) is 12.0 Å². The Kier molecular flexibility index (Phi) is 5.50. The first-order valence-electron chi connectivity index (χ1n) is 8.70. The summed E-state index contributed by atoms with van der Waals surface area (Å²) < 4.78 is 0.